The van der Waals surface area contributed by atoms with Crippen LogP contribution in [0.4, 0.5) is 0 Å². The number of carbonyl (C=O) groups excluding carboxylic acids is 1. The molecule has 1 aromatic heterocycles. The maximum atomic E-state index is 12.1. The first kappa shape index (κ1) is 17.7. The highest BCUT2D eigenvalue weighted by atomic mass is 35.5. The molecule has 2 aromatic rings. The third-order valence-electron chi connectivity index (χ3n) is 4.58. The number of aromatic nitrogens is 1. The molecule has 0 saturated carbocycles. The van der Waals surface area contributed by atoms with E-state index >= 15 is 0 Å². The molecule has 0 unspecified atom stereocenters. The van der Waals surface area contributed by atoms with Gasteiger partial charge in [-0.3, -0.25) is 14.5 Å². The maximum absolute atomic E-state index is 12.1. The summed E-state index contributed by atoms with van der Waals surface area (Å²) >= 11 is 5.75. The molecule has 2 heterocycles. The zero-order valence-corrected chi connectivity index (χ0v) is 14.8. The molecule has 0 bridgehead atoms. The first-order chi connectivity index (χ1) is 12.1. The second kappa shape index (κ2) is 8.32. The van der Waals surface area contributed by atoms with Crippen molar-refractivity contribution in [2.75, 3.05) is 19.6 Å². The van der Waals surface area contributed by atoms with Gasteiger partial charge < -0.3 is 10.3 Å². The summed E-state index contributed by atoms with van der Waals surface area (Å²) in [6.45, 7) is 3.78. The van der Waals surface area contributed by atoms with E-state index in [1.807, 2.05) is 6.07 Å². The van der Waals surface area contributed by atoms with Gasteiger partial charge in [0.1, 0.15) is 5.02 Å². The number of likely N-dealkylation sites (tertiary alicyclic amines) is 1. The molecule has 1 aliphatic rings. The molecule has 2 N–H and O–H groups in total. The van der Waals surface area contributed by atoms with Crippen LogP contribution in [0.1, 0.15) is 28.8 Å². The molecule has 132 valence electrons. The molecule has 1 fully saturated rings. The Morgan fingerprint density at radius 1 is 1.32 bits per heavy atom. The lowest BCUT2D eigenvalue weighted by Gasteiger charge is -2.16. The van der Waals surface area contributed by atoms with E-state index in [1.165, 1.54) is 17.8 Å². The van der Waals surface area contributed by atoms with Gasteiger partial charge in [0.25, 0.3) is 11.5 Å². The Kier molecular flexibility index (Phi) is 5.89. The van der Waals surface area contributed by atoms with E-state index in [-0.39, 0.29) is 16.5 Å². The number of pyridine rings is 1. The molecule has 0 radical (unpaired) electrons. The number of amides is 1. The summed E-state index contributed by atoms with van der Waals surface area (Å²) in [6, 6.07) is 11.9. The Balaban J connectivity index is 1.41. The summed E-state index contributed by atoms with van der Waals surface area (Å²) in [5, 5.41) is 2.93. The normalized spacial score (nSPS) is 17.6. The second-order valence-electron chi connectivity index (χ2n) is 6.49. The van der Waals surface area contributed by atoms with Gasteiger partial charge in [-0.05, 0) is 36.9 Å². The average Bonchev–Trinajstić information content (AvgIpc) is 3.05. The van der Waals surface area contributed by atoms with E-state index < -0.39 is 0 Å². The van der Waals surface area contributed by atoms with Crippen LogP contribution in [0.25, 0.3) is 0 Å². The van der Waals surface area contributed by atoms with Crippen molar-refractivity contribution in [3.8, 4) is 0 Å². The minimum Gasteiger partial charge on any atom is -0.352 e. The van der Waals surface area contributed by atoms with Crippen LogP contribution >= 0.6 is 11.6 Å². The van der Waals surface area contributed by atoms with Crippen molar-refractivity contribution in [1.82, 2.24) is 15.2 Å². The highest BCUT2D eigenvalue weighted by molar-refractivity contribution is 6.30. The third-order valence-corrected chi connectivity index (χ3v) is 4.86. The van der Waals surface area contributed by atoms with E-state index in [0.717, 1.165) is 32.5 Å². The molecule has 3 rings (SSSR count). The molecule has 1 aromatic carbocycles. The molecule has 5 nitrogen and oxygen atoms in total. The summed E-state index contributed by atoms with van der Waals surface area (Å²) in [7, 11) is 0. The number of hydrogen-bond donors (Lipinski definition) is 2. The minimum atomic E-state index is -0.386. The first-order valence-electron chi connectivity index (χ1n) is 8.54. The molecular weight excluding hydrogens is 338 g/mol. The van der Waals surface area contributed by atoms with E-state index in [9.17, 15) is 9.59 Å². The van der Waals surface area contributed by atoms with Crippen LogP contribution in [0.15, 0.2) is 47.4 Å². The Morgan fingerprint density at radius 3 is 2.88 bits per heavy atom. The van der Waals surface area contributed by atoms with Gasteiger partial charge in [-0.2, -0.15) is 0 Å². The average molecular weight is 360 g/mol. The molecule has 1 atom stereocenters. The van der Waals surface area contributed by atoms with Crippen LogP contribution in [0, 0.1) is 5.92 Å². The summed E-state index contributed by atoms with van der Waals surface area (Å²) in [5.41, 5.74) is 1.33. The fourth-order valence-electron chi connectivity index (χ4n) is 3.21. The predicted molar refractivity (Wildman–Crippen MR) is 98.8 cm³/mol. The topological polar surface area (TPSA) is 65.2 Å². The van der Waals surface area contributed by atoms with Crippen molar-refractivity contribution >= 4 is 17.5 Å². The molecular formula is C19H22ClN3O2. The van der Waals surface area contributed by atoms with Gasteiger partial charge in [-0.1, -0.05) is 41.9 Å². The Labute approximate surface area is 152 Å². The number of nitrogens with one attached hydrogen (secondary N) is 2. The summed E-state index contributed by atoms with van der Waals surface area (Å²) < 4.78 is 0. The standard InChI is InChI=1S/C19H22ClN3O2/c20-17-10-16(11-22-19(17)25)18(24)21-8-6-15-7-9-23(13-15)12-14-4-2-1-3-5-14/h1-5,10-11,15H,6-9,12-13H2,(H,21,24)(H,22,25)/t15-/m1/s1. The lowest BCUT2D eigenvalue weighted by molar-refractivity contribution is 0.0951. The number of rotatable bonds is 6. The van der Waals surface area contributed by atoms with Crippen molar-refractivity contribution in [2.45, 2.75) is 19.4 Å². The molecule has 0 spiro atoms. The Bertz CT molecular complexity index is 776. The Hall–Kier alpha value is -2.11. The van der Waals surface area contributed by atoms with Crippen LogP contribution < -0.4 is 10.9 Å². The molecule has 25 heavy (non-hydrogen) atoms. The molecule has 1 amide bonds. The maximum Gasteiger partial charge on any atom is 0.266 e. The van der Waals surface area contributed by atoms with Crippen LogP contribution in [0.3, 0.4) is 0 Å². The number of nitrogens with zero attached hydrogens (tertiary/aromatic N) is 1. The minimum absolute atomic E-state index is 0.0278. The van der Waals surface area contributed by atoms with Crippen molar-refractivity contribution in [3.63, 3.8) is 0 Å². The molecule has 1 saturated heterocycles. The van der Waals surface area contributed by atoms with Crippen molar-refractivity contribution in [2.24, 2.45) is 5.92 Å². The van der Waals surface area contributed by atoms with Gasteiger partial charge in [-0.15, -0.1) is 0 Å². The summed E-state index contributed by atoms with van der Waals surface area (Å²) in [4.78, 5) is 28.2. The van der Waals surface area contributed by atoms with E-state index in [4.69, 9.17) is 11.6 Å². The van der Waals surface area contributed by atoms with Crippen LogP contribution in [0.5, 0.6) is 0 Å². The van der Waals surface area contributed by atoms with Crippen LogP contribution in [-0.4, -0.2) is 35.4 Å². The number of carbonyl (C=O) groups is 1. The number of halogens is 1. The van der Waals surface area contributed by atoms with E-state index in [0.29, 0.717) is 18.0 Å². The monoisotopic (exact) mass is 359 g/mol. The second-order valence-corrected chi connectivity index (χ2v) is 6.89. The summed E-state index contributed by atoms with van der Waals surface area (Å²) in [6.07, 6.45) is 3.50. The van der Waals surface area contributed by atoms with Gasteiger partial charge in [0.2, 0.25) is 0 Å². The zero-order valence-electron chi connectivity index (χ0n) is 14.0. The Morgan fingerprint density at radius 2 is 2.12 bits per heavy atom. The quantitative estimate of drug-likeness (QED) is 0.833. The fraction of sp³-hybridized carbons (Fsp3) is 0.368. The highest BCUT2D eigenvalue weighted by Gasteiger charge is 2.22. The van der Waals surface area contributed by atoms with Crippen LogP contribution in [0.2, 0.25) is 5.02 Å². The number of benzene rings is 1. The summed E-state index contributed by atoms with van der Waals surface area (Å²) in [5.74, 6) is 0.389. The molecule has 0 aliphatic carbocycles. The van der Waals surface area contributed by atoms with Crippen molar-refractivity contribution in [3.05, 3.63) is 69.1 Å². The fourth-order valence-corrected chi connectivity index (χ4v) is 3.38. The lowest BCUT2D eigenvalue weighted by Crippen LogP contribution is -2.27. The van der Waals surface area contributed by atoms with Crippen molar-refractivity contribution < 1.29 is 4.79 Å². The molecule has 1 aliphatic heterocycles. The van der Waals surface area contributed by atoms with E-state index in [2.05, 4.69) is 39.5 Å². The highest BCUT2D eigenvalue weighted by Crippen LogP contribution is 2.21. The number of hydrogen-bond acceptors (Lipinski definition) is 3. The van der Waals surface area contributed by atoms with Gasteiger partial charge in [0, 0.05) is 25.8 Å². The van der Waals surface area contributed by atoms with Crippen LogP contribution in [-0.2, 0) is 6.54 Å². The third kappa shape index (κ3) is 4.94. The predicted octanol–water partition coefficient (Wildman–Crippen LogP) is 2.67. The van der Waals surface area contributed by atoms with Crippen molar-refractivity contribution in [1.29, 1.82) is 0 Å². The molecule has 6 heteroatoms. The lowest BCUT2D eigenvalue weighted by atomic mass is 10.1. The number of aromatic amines is 1. The van der Waals surface area contributed by atoms with Gasteiger partial charge in [0.05, 0.1) is 5.56 Å². The smallest absolute Gasteiger partial charge is 0.266 e. The SMILES string of the molecule is O=C(NCC[C@@H]1CCN(Cc2ccccc2)C1)c1c[nH]c(=O)c(Cl)c1. The number of H-pyrrole nitrogens is 1. The van der Waals surface area contributed by atoms with Gasteiger partial charge in [0.15, 0.2) is 0 Å². The van der Waals surface area contributed by atoms with E-state index in [1.54, 1.807) is 0 Å². The van der Waals surface area contributed by atoms with Gasteiger partial charge in [-0.25, -0.2) is 0 Å². The zero-order chi connectivity index (χ0) is 17.6. The largest absolute Gasteiger partial charge is 0.352 e. The first-order valence-corrected chi connectivity index (χ1v) is 8.92. The van der Waals surface area contributed by atoms with Gasteiger partial charge >= 0.3 is 0 Å².